The van der Waals surface area contributed by atoms with E-state index in [0.717, 1.165) is 4.90 Å². The van der Waals surface area contributed by atoms with Gasteiger partial charge in [0.25, 0.3) is 5.91 Å². The zero-order valence-electron chi connectivity index (χ0n) is 10.3. The van der Waals surface area contributed by atoms with Gasteiger partial charge in [0.15, 0.2) is 0 Å². The van der Waals surface area contributed by atoms with Gasteiger partial charge in [-0.05, 0) is 40.5 Å². The van der Waals surface area contributed by atoms with Gasteiger partial charge in [-0.3, -0.25) is 4.79 Å². The minimum absolute atomic E-state index is 0.0413. The van der Waals surface area contributed by atoms with Crippen LogP contribution in [-0.4, -0.2) is 30.1 Å². The van der Waals surface area contributed by atoms with E-state index >= 15 is 0 Å². The van der Waals surface area contributed by atoms with Crippen molar-refractivity contribution in [2.24, 2.45) is 0 Å². The monoisotopic (exact) mass is 338 g/mol. The third kappa shape index (κ3) is 4.74. The highest BCUT2D eigenvalue weighted by Crippen LogP contribution is 2.23. The predicted molar refractivity (Wildman–Crippen MR) is 70.8 cm³/mol. The minimum atomic E-state index is -4.42. The largest absolute Gasteiger partial charge is 0.406 e. The summed E-state index contributed by atoms with van der Waals surface area (Å²) in [7, 11) is 0. The first-order valence-electron chi connectivity index (χ1n) is 5.65. The third-order valence-corrected chi connectivity index (χ3v) is 3.06. The molecule has 7 heteroatoms. The molecule has 106 valence electrons. The molecule has 2 N–H and O–H groups in total. The molecule has 0 atom stereocenters. The second-order valence-electron chi connectivity index (χ2n) is 4.08. The van der Waals surface area contributed by atoms with Crippen LogP contribution >= 0.6 is 15.9 Å². The molecule has 0 aliphatic rings. The van der Waals surface area contributed by atoms with Crippen molar-refractivity contribution in [2.75, 3.05) is 18.8 Å². The Bertz CT molecular complexity index is 463. The average Bonchev–Trinajstić information content (AvgIpc) is 2.29. The molecule has 0 saturated carbocycles. The fraction of sp³-hybridized carbons (Fsp3) is 0.417. The molecule has 0 unspecified atom stereocenters. The second kappa shape index (κ2) is 6.27. The van der Waals surface area contributed by atoms with Crippen LogP contribution in [-0.2, 0) is 0 Å². The molecule has 3 nitrogen and oxygen atoms in total. The van der Waals surface area contributed by atoms with Crippen LogP contribution in [0.1, 0.15) is 23.7 Å². The van der Waals surface area contributed by atoms with Gasteiger partial charge in [0, 0.05) is 16.7 Å². The number of carbonyl (C=O) groups excluding carboxylic acids is 1. The van der Waals surface area contributed by atoms with E-state index in [4.69, 9.17) is 5.73 Å². The number of halogens is 4. The van der Waals surface area contributed by atoms with Crippen molar-refractivity contribution in [1.82, 2.24) is 4.90 Å². The van der Waals surface area contributed by atoms with Crippen LogP contribution in [0.25, 0.3) is 0 Å². The Morgan fingerprint density at radius 2 is 2.05 bits per heavy atom. The molecule has 1 rings (SSSR count). The first kappa shape index (κ1) is 15.8. The van der Waals surface area contributed by atoms with Crippen molar-refractivity contribution >= 4 is 27.5 Å². The molecular formula is C12H14BrF3N2O. The Hall–Kier alpha value is -1.24. The number of amides is 1. The van der Waals surface area contributed by atoms with Gasteiger partial charge in [-0.15, -0.1) is 0 Å². The number of anilines is 1. The van der Waals surface area contributed by atoms with E-state index in [1.54, 1.807) is 19.1 Å². The van der Waals surface area contributed by atoms with E-state index in [0.29, 0.717) is 16.6 Å². The van der Waals surface area contributed by atoms with E-state index in [9.17, 15) is 18.0 Å². The lowest BCUT2D eigenvalue weighted by Crippen LogP contribution is -2.39. The number of hydrogen-bond acceptors (Lipinski definition) is 2. The maximum absolute atomic E-state index is 12.5. The Morgan fingerprint density at radius 1 is 1.42 bits per heavy atom. The van der Waals surface area contributed by atoms with Gasteiger partial charge in [0.2, 0.25) is 0 Å². The van der Waals surface area contributed by atoms with Crippen molar-refractivity contribution in [1.29, 1.82) is 0 Å². The van der Waals surface area contributed by atoms with Crippen molar-refractivity contribution in [3.8, 4) is 0 Å². The number of nitrogen functional groups attached to an aromatic ring is 1. The summed E-state index contributed by atoms with van der Waals surface area (Å²) in [6.45, 7) is 0.492. The summed E-state index contributed by atoms with van der Waals surface area (Å²) in [5, 5.41) is 0. The van der Waals surface area contributed by atoms with E-state index < -0.39 is 18.6 Å². The summed E-state index contributed by atoms with van der Waals surface area (Å²) >= 11 is 3.15. The van der Waals surface area contributed by atoms with Crippen LogP contribution < -0.4 is 5.73 Å². The smallest absolute Gasteiger partial charge is 0.399 e. The topological polar surface area (TPSA) is 46.3 Å². The van der Waals surface area contributed by atoms with Gasteiger partial charge in [0.1, 0.15) is 6.54 Å². The lowest BCUT2D eigenvalue weighted by molar-refractivity contribution is -0.140. The number of nitrogens with zero attached hydrogens (tertiary/aromatic N) is 1. The fourth-order valence-electron chi connectivity index (χ4n) is 1.62. The van der Waals surface area contributed by atoms with Gasteiger partial charge in [0.05, 0.1) is 5.56 Å². The standard InChI is InChI=1S/C12H14BrF3N2O/c1-2-5-18(7-12(14,15)16)11(19)9-6-8(17)3-4-10(9)13/h3-4,6H,2,5,7,17H2,1H3. The lowest BCUT2D eigenvalue weighted by Gasteiger charge is -2.24. The molecular weight excluding hydrogens is 325 g/mol. The molecule has 0 bridgehead atoms. The molecule has 0 aliphatic heterocycles. The molecule has 0 heterocycles. The highest BCUT2D eigenvalue weighted by atomic mass is 79.9. The second-order valence-corrected chi connectivity index (χ2v) is 4.94. The first-order valence-corrected chi connectivity index (χ1v) is 6.45. The van der Waals surface area contributed by atoms with Crippen molar-refractivity contribution in [3.05, 3.63) is 28.2 Å². The zero-order valence-corrected chi connectivity index (χ0v) is 11.9. The SMILES string of the molecule is CCCN(CC(F)(F)F)C(=O)c1cc(N)ccc1Br. The molecule has 0 aromatic heterocycles. The van der Waals surface area contributed by atoms with Crippen LogP contribution in [0.3, 0.4) is 0 Å². The molecule has 0 fully saturated rings. The van der Waals surface area contributed by atoms with Crippen LogP contribution in [0.2, 0.25) is 0 Å². The van der Waals surface area contributed by atoms with Crippen LogP contribution in [0, 0.1) is 0 Å². The van der Waals surface area contributed by atoms with Crippen molar-refractivity contribution in [2.45, 2.75) is 19.5 Å². The molecule has 0 saturated heterocycles. The number of alkyl halides is 3. The lowest BCUT2D eigenvalue weighted by atomic mass is 10.1. The highest BCUT2D eigenvalue weighted by molar-refractivity contribution is 9.10. The van der Waals surface area contributed by atoms with Gasteiger partial charge < -0.3 is 10.6 Å². The van der Waals surface area contributed by atoms with Gasteiger partial charge >= 0.3 is 6.18 Å². The molecule has 1 aromatic rings. The molecule has 0 spiro atoms. The number of rotatable bonds is 4. The summed E-state index contributed by atoms with van der Waals surface area (Å²) < 4.78 is 37.8. The van der Waals surface area contributed by atoms with E-state index in [-0.39, 0.29) is 12.1 Å². The summed E-state index contributed by atoms with van der Waals surface area (Å²) in [6, 6.07) is 4.47. The number of benzene rings is 1. The Morgan fingerprint density at radius 3 is 2.58 bits per heavy atom. The first-order chi connectivity index (χ1) is 8.74. The summed E-state index contributed by atoms with van der Waals surface area (Å²) in [6.07, 6.45) is -3.97. The van der Waals surface area contributed by atoms with E-state index in [2.05, 4.69) is 15.9 Å². The van der Waals surface area contributed by atoms with E-state index in [1.807, 2.05) is 0 Å². The summed E-state index contributed by atoms with van der Waals surface area (Å²) in [4.78, 5) is 12.9. The summed E-state index contributed by atoms with van der Waals surface area (Å²) in [5.74, 6) is -0.682. The molecule has 1 aromatic carbocycles. The number of nitrogens with two attached hydrogens (primary N) is 1. The number of hydrogen-bond donors (Lipinski definition) is 1. The van der Waals surface area contributed by atoms with Crippen LogP contribution in [0.5, 0.6) is 0 Å². The molecule has 0 aliphatic carbocycles. The Kier molecular flexibility index (Phi) is 5.22. The minimum Gasteiger partial charge on any atom is -0.399 e. The van der Waals surface area contributed by atoms with Crippen LogP contribution in [0.4, 0.5) is 18.9 Å². The van der Waals surface area contributed by atoms with Crippen molar-refractivity contribution in [3.63, 3.8) is 0 Å². The van der Waals surface area contributed by atoms with E-state index in [1.165, 1.54) is 6.07 Å². The summed E-state index contributed by atoms with van der Waals surface area (Å²) in [5.41, 5.74) is 6.02. The zero-order chi connectivity index (χ0) is 14.6. The number of carbonyl (C=O) groups is 1. The molecule has 0 radical (unpaired) electrons. The van der Waals surface area contributed by atoms with Crippen molar-refractivity contribution < 1.29 is 18.0 Å². The fourth-order valence-corrected chi connectivity index (χ4v) is 2.03. The van der Waals surface area contributed by atoms with Crippen LogP contribution in [0.15, 0.2) is 22.7 Å². The average molecular weight is 339 g/mol. The molecule has 19 heavy (non-hydrogen) atoms. The quantitative estimate of drug-likeness (QED) is 0.854. The van der Waals surface area contributed by atoms with Gasteiger partial charge in [-0.25, -0.2) is 0 Å². The molecule has 1 amide bonds. The normalized spacial score (nSPS) is 11.4. The third-order valence-electron chi connectivity index (χ3n) is 2.37. The van der Waals surface area contributed by atoms with Gasteiger partial charge in [-0.2, -0.15) is 13.2 Å². The Labute approximate surface area is 117 Å². The Balaban J connectivity index is 3.02. The maximum atomic E-state index is 12.5. The highest BCUT2D eigenvalue weighted by Gasteiger charge is 2.33. The van der Waals surface area contributed by atoms with Gasteiger partial charge in [-0.1, -0.05) is 6.92 Å². The predicted octanol–water partition coefficient (Wildman–Crippen LogP) is 3.45. The maximum Gasteiger partial charge on any atom is 0.406 e.